The molecule has 116 valence electrons. The molecule has 0 heterocycles. The van der Waals surface area contributed by atoms with Crippen LogP contribution in [0.25, 0.3) is 0 Å². The van der Waals surface area contributed by atoms with Gasteiger partial charge >= 0.3 is 0 Å². The number of anilines is 1. The first-order valence-corrected chi connectivity index (χ1v) is 7.70. The number of hydrogen-bond acceptors (Lipinski definition) is 4. The number of non-ortho nitro benzene ring substituents is 1. The standard InChI is InChI=1S/C16H24N2O3/c1-3-12-5-4-6-15(9-12)21-11-13-10-14(18(19)20)7-8-16(13)17-2/h7-8,10,12,15,17H,3-6,9,11H2,1-2H3. The fourth-order valence-electron chi connectivity index (χ4n) is 3.03. The van der Waals surface area contributed by atoms with Crippen molar-refractivity contribution in [2.75, 3.05) is 12.4 Å². The third kappa shape index (κ3) is 4.17. The van der Waals surface area contributed by atoms with Crippen LogP contribution in [-0.4, -0.2) is 18.1 Å². The van der Waals surface area contributed by atoms with Crippen molar-refractivity contribution in [1.82, 2.24) is 0 Å². The molecule has 21 heavy (non-hydrogen) atoms. The molecule has 0 bridgehead atoms. The zero-order chi connectivity index (χ0) is 15.2. The predicted octanol–water partition coefficient (Wildman–Crippen LogP) is 4.12. The lowest BCUT2D eigenvalue weighted by Gasteiger charge is -2.28. The largest absolute Gasteiger partial charge is 0.388 e. The summed E-state index contributed by atoms with van der Waals surface area (Å²) in [6.45, 7) is 2.66. The van der Waals surface area contributed by atoms with Gasteiger partial charge < -0.3 is 10.1 Å². The third-order valence-corrected chi connectivity index (χ3v) is 4.36. The lowest BCUT2D eigenvalue weighted by atomic mass is 9.85. The predicted molar refractivity (Wildman–Crippen MR) is 83.5 cm³/mol. The maximum absolute atomic E-state index is 10.9. The molecule has 1 N–H and O–H groups in total. The van der Waals surface area contributed by atoms with Gasteiger partial charge in [0.05, 0.1) is 17.6 Å². The number of benzene rings is 1. The number of nitrogens with one attached hydrogen (secondary N) is 1. The summed E-state index contributed by atoms with van der Waals surface area (Å²) in [5, 5.41) is 14.0. The minimum atomic E-state index is -0.364. The number of ether oxygens (including phenoxy) is 1. The Morgan fingerprint density at radius 1 is 1.43 bits per heavy atom. The van der Waals surface area contributed by atoms with Crippen molar-refractivity contribution >= 4 is 11.4 Å². The van der Waals surface area contributed by atoms with E-state index < -0.39 is 0 Å². The van der Waals surface area contributed by atoms with Crippen molar-refractivity contribution < 1.29 is 9.66 Å². The van der Waals surface area contributed by atoms with E-state index in [9.17, 15) is 10.1 Å². The van der Waals surface area contributed by atoms with E-state index in [0.29, 0.717) is 6.61 Å². The maximum atomic E-state index is 10.9. The highest BCUT2D eigenvalue weighted by molar-refractivity contribution is 5.55. The molecule has 0 spiro atoms. The summed E-state index contributed by atoms with van der Waals surface area (Å²) in [5.74, 6) is 0.762. The van der Waals surface area contributed by atoms with Gasteiger partial charge in [-0.05, 0) is 24.8 Å². The molecule has 1 aromatic rings. The molecule has 2 atom stereocenters. The van der Waals surface area contributed by atoms with Gasteiger partial charge in [-0.3, -0.25) is 10.1 Å². The van der Waals surface area contributed by atoms with Crippen molar-refractivity contribution in [3.8, 4) is 0 Å². The Kier molecular flexibility index (Phi) is 5.56. The fourth-order valence-corrected chi connectivity index (χ4v) is 3.03. The summed E-state index contributed by atoms with van der Waals surface area (Å²) >= 11 is 0. The van der Waals surface area contributed by atoms with E-state index in [4.69, 9.17) is 4.74 Å². The van der Waals surface area contributed by atoms with Crippen LogP contribution in [0.2, 0.25) is 0 Å². The minimum Gasteiger partial charge on any atom is -0.388 e. The molecule has 2 rings (SSSR count). The van der Waals surface area contributed by atoms with Crippen LogP contribution >= 0.6 is 0 Å². The van der Waals surface area contributed by atoms with Crippen LogP contribution in [0.3, 0.4) is 0 Å². The van der Waals surface area contributed by atoms with Crippen molar-refractivity contribution in [3.05, 3.63) is 33.9 Å². The topological polar surface area (TPSA) is 64.4 Å². The monoisotopic (exact) mass is 292 g/mol. The lowest BCUT2D eigenvalue weighted by Crippen LogP contribution is -2.22. The molecule has 5 nitrogen and oxygen atoms in total. The summed E-state index contributed by atoms with van der Waals surface area (Å²) < 4.78 is 6.02. The van der Waals surface area contributed by atoms with Gasteiger partial charge in [-0.25, -0.2) is 0 Å². The molecule has 1 aliphatic rings. The van der Waals surface area contributed by atoms with E-state index in [0.717, 1.165) is 30.0 Å². The van der Waals surface area contributed by atoms with Gasteiger partial charge in [-0.1, -0.05) is 26.2 Å². The van der Waals surface area contributed by atoms with E-state index in [-0.39, 0.29) is 16.7 Å². The van der Waals surface area contributed by atoms with Crippen LogP contribution in [0, 0.1) is 16.0 Å². The van der Waals surface area contributed by atoms with Gasteiger partial charge in [0.1, 0.15) is 0 Å². The maximum Gasteiger partial charge on any atom is 0.269 e. The van der Waals surface area contributed by atoms with Crippen LogP contribution in [0.4, 0.5) is 11.4 Å². The quantitative estimate of drug-likeness (QED) is 0.632. The molecular weight excluding hydrogens is 268 g/mol. The average Bonchev–Trinajstić information content (AvgIpc) is 2.52. The van der Waals surface area contributed by atoms with Gasteiger partial charge in [0.25, 0.3) is 5.69 Å². The molecular formula is C16H24N2O3. The number of rotatable bonds is 6. The summed E-state index contributed by atoms with van der Waals surface area (Å²) in [7, 11) is 1.82. The zero-order valence-electron chi connectivity index (χ0n) is 12.8. The molecule has 0 aliphatic heterocycles. The number of hydrogen-bond donors (Lipinski definition) is 1. The molecule has 0 saturated heterocycles. The van der Waals surface area contributed by atoms with Crippen molar-refractivity contribution in [2.45, 2.75) is 51.7 Å². The molecule has 1 fully saturated rings. The second-order valence-electron chi connectivity index (χ2n) is 5.72. The molecule has 0 aromatic heterocycles. The molecule has 1 aliphatic carbocycles. The third-order valence-electron chi connectivity index (χ3n) is 4.36. The molecule has 5 heteroatoms. The van der Waals surface area contributed by atoms with Gasteiger partial charge in [0.15, 0.2) is 0 Å². The van der Waals surface area contributed by atoms with E-state index in [1.807, 2.05) is 7.05 Å². The lowest BCUT2D eigenvalue weighted by molar-refractivity contribution is -0.384. The fraction of sp³-hybridized carbons (Fsp3) is 0.625. The second kappa shape index (κ2) is 7.41. The van der Waals surface area contributed by atoms with Gasteiger partial charge in [0, 0.05) is 30.4 Å². The average molecular weight is 292 g/mol. The highest BCUT2D eigenvalue weighted by Gasteiger charge is 2.21. The summed E-state index contributed by atoms with van der Waals surface area (Å²) in [6.07, 6.45) is 6.22. The van der Waals surface area contributed by atoms with E-state index in [1.54, 1.807) is 12.1 Å². The normalized spacial score (nSPS) is 22.0. The van der Waals surface area contributed by atoms with Crippen molar-refractivity contribution in [3.63, 3.8) is 0 Å². The van der Waals surface area contributed by atoms with Crippen molar-refractivity contribution in [1.29, 1.82) is 0 Å². The molecule has 2 unspecified atom stereocenters. The Morgan fingerprint density at radius 3 is 2.90 bits per heavy atom. The van der Waals surface area contributed by atoms with Crippen LogP contribution in [0.15, 0.2) is 18.2 Å². The van der Waals surface area contributed by atoms with Gasteiger partial charge in [0.2, 0.25) is 0 Å². The van der Waals surface area contributed by atoms with E-state index in [2.05, 4.69) is 12.2 Å². The highest BCUT2D eigenvalue weighted by atomic mass is 16.6. The first kappa shape index (κ1) is 15.8. The van der Waals surface area contributed by atoms with E-state index >= 15 is 0 Å². The first-order valence-electron chi connectivity index (χ1n) is 7.70. The van der Waals surface area contributed by atoms with Crippen LogP contribution in [-0.2, 0) is 11.3 Å². The smallest absolute Gasteiger partial charge is 0.269 e. The zero-order valence-corrected chi connectivity index (χ0v) is 12.8. The van der Waals surface area contributed by atoms with Crippen LogP contribution < -0.4 is 5.32 Å². The molecule has 0 radical (unpaired) electrons. The van der Waals surface area contributed by atoms with Crippen LogP contribution in [0.5, 0.6) is 0 Å². The molecule has 1 saturated carbocycles. The Labute approximate surface area is 125 Å². The van der Waals surface area contributed by atoms with Gasteiger partial charge in [-0.2, -0.15) is 0 Å². The van der Waals surface area contributed by atoms with Crippen molar-refractivity contribution in [2.24, 2.45) is 5.92 Å². The molecule has 1 aromatic carbocycles. The summed E-state index contributed by atoms with van der Waals surface area (Å²) in [5.41, 5.74) is 1.86. The first-order chi connectivity index (χ1) is 10.1. The number of nitro benzene ring substituents is 1. The number of nitro groups is 1. The Balaban J connectivity index is 2.01. The SMILES string of the molecule is CCC1CCCC(OCc2cc([N+](=O)[O-])ccc2NC)C1. The van der Waals surface area contributed by atoms with Gasteiger partial charge in [-0.15, -0.1) is 0 Å². The Hall–Kier alpha value is -1.62. The summed E-state index contributed by atoms with van der Waals surface area (Å²) in [4.78, 5) is 10.5. The molecule has 0 amide bonds. The van der Waals surface area contributed by atoms with E-state index in [1.165, 1.54) is 25.3 Å². The minimum absolute atomic E-state index is 0.114. The Morgan fingerprint density at radius 2 is 2.24 bits per heavy atom. The summed E-state index contributed by atoms with van der Waals surface area (Å²) in [6, 6.07) is 4.86. The van der Waals surface area contributed by atoms with Crippen LogP contribution in [0.1, 0.15) is 44.6 Å². The number of nitrogens with zero attached hydrogens (tertiary/aromatic N) is 1. The Bertz CT molecular complexity index is 490. The second-order valence-corrected chi connectivity index (χ2v) is 5.72. The highest BCUT2D eigenvalue weighted by Crippen LogP contribution is 2.30.